The first kappa shape index (κ1) is 15.1. The van der Waals surface area contributed by atoms with Gasteiger partial charge in [-0.15, -0.1) is 0 Å². The Morgan fingerprint density at radius 3 is 2.86 bits per heavy atom. The molecule has 22 heavy (non-hydrogen) atoms. The lowest BCUT2D eigenvalue weighted by Crippen LogP contribution is -2.34. The van der Waals surface area contributed by atoms with Gasteiger partial charge in [-0.25, -0.2) is 9.97 Å². The standard InChI is InChI=1S/C14H18F3N5/c1-21-8-12(14(15,16)17)20-13(21)10-3-2-4-22(6-10)7-11-5-18-9-19-11/h5,8-10H,2-4,6-7H2,1H3,(H,18,19)/t10-/m1/s1. The lowest BCUT2D eigenvalue weighted by atomic mass is 9.97. The molecule has 0 saturated carbocycles. The van der Waals surface area contributed by atoms with Crippen molar-refractivity contribution in [3.8, 4) is 0 Å². The van der Waals surface area contributed by atoms with Gasteiger partial charge in [-0.2, -0.15) is 13.2 Å². The summed E-state index contributed by atoms with van der Waals surface area (Å²) in [5.41, 5.74) is 0.201. The zero-order valence-electron chi connectivity index (χ0n) is 12.3. The molecule has 5 nitrogen and oxygen atoms in total. The van der Waals surface area contributed by atoms with Crippen LogP contribution >= 0.6 is 0 Å². The Hall–Kier alpha value is -1.83. The molecule has 0 aliphatic carbocycles. The number of rotatable bonds is 3. The van der Waals surface area contributed by atoms with Crippen molar-refractivity contribution in [2.45, 2.75) is 31.5 Å². The highest BCUT2D eigenvalue weighted by Gasteiger charge is 2.36. The number of aromatic amines is 1. The molecule has 0 amide bonds. The smallest absolute Gasteiger partial charge is 0.347 e. The normalized spacial score (nSPS) is 20.5. The molecule has 3 rings (SSSR count). The minimum absolute atomic E-state index is 0.0257. The van der Waals surface area contributed by atoms with Crippen molar-refractivity contribution in [1.29, 1.82) is 0 Å². The molecule has 0 aromatic carbocycles. The van der Waals surface area contributed by atoms with Gasteiger partial charge in [-0.05, 0) is 19.4 Å². The highest BCUT2D eigenvalue weighted by Crippen LogP contribution is 2.32. The Morgan fingerprint density at radius 2 is 2.23 bits per heavy atom. The maximum Gasteiger partial charge on any atom is 0.434 e. The van der Waals surface area contributed by atoms with E-state index in [1.807, 2.05) is 0 Å². The number of halogens is 3. The number of hydrogen-bond donors (Lipinski definition) is 1. The molecule has 1 atom stereocenters. The van der Waals surface area contributed by atoms with Gasteiger partial charge in [0.2, 0.25) is 0 Å². The van der Waals surface area contributed by atoms with Crippen molar-refractivity contribution < 1.29 is 13.2 Å². The van der Waals surface area contributed by atoms with Gasteiger partial charge < -0.3 is 9.55 Å². The van der Waals surface area contributed by atoms with E-state index in [2.05, 4.69) is 19.9 Å². The van der Waals surface area contributed by atoms with Crippen LogP contribution in [0.4, 0.5) is 13.2 Å². The van der Waals surface area contributed by atoms with E-state index >= 15 is 0 Å². The van der Waals surface area contributed by atoms with E-state index in [1.165, 1.54) is 4.57 Å². The molecule has 0 radical (unpaired) electrons. The summed E-state index contributed by atoms with van der Waals surface area (Å²) in [5.74, 6) is 0.541. The average molecular weight is 313 g/mol. The molecular weight excluding hydrogens is 295 g/mol. The summed E-state index contributed by atoms with van der Waals surface area (Å²) < 4.78 is 39.8. The quantitative estimate of drug-likeness (QED) is 0.947. The summed E-state index contributed by atoms with van der Waals surface area (Å²) in [4.78, 5) is 13.1. The van der Waals surface area contributed by atoms with Crippen LogP contribution < -0.4 is 0 Å². The van der Waals surface area contributed by atoms with E-state index in [9.17, 15) is 13.2 Å². The Balaban J connectivity index is 1.73. The Morgan fingerprint density at radius 1 is 1.41 bits per heavy atom. The second-order valence-electron chi connectivity index (χ2n) is 5.74. The number of H-pyrrole nitrogens is 1. The van der Waals surface area contributed by atoms with Crippen LogP contribution in [0.5, 0.6) is 0 Å². The fourth-order valence-corrected chi connectivity index (χ4v) is 3.02. The second-order valence-corrected chi connectivity index (χ2v) is 5.74. The van der Waals surface area contributed by atoms with Gasteiger partial charge in [0.15, 0.2) is 5.69 Å². The molecule has 3 heterocycles. The monoisotopic (exact) mass is 313 g/mol. The van der Waals surface area contributed by atoms with Crippen molar-refractivity contribution in [3.63, 3.8) is 0 Å². The Labute approximate surface area is 126 Å². The number of nitrogens with one attached hydrogen (secondary N) is 1. The van der Waals surface area contributed by atoms with E-state index in [0.717, 1.165) is 37.8 Å². The largest absolute Gasteiger partial charge is 0.434 e. The van der Waals surface area contributed by atoms with Crippen LogP contribution in [0, 0.1) is 0 Å². The zero-order valence-corrected chi connectivity index (χ0v) is 12.3. The maximum absolute atomic E-state index is 12.8. The molecule has 2 aromatic rings. The van der Waals surface area contributed by atoms with Crippen LogP contribution in [0.3, 0.4) is 0 Å². The molecule has 1 fully saturated rings. The van der Waals surface area contributed by atoms with Crippen LogP contribution in [0.1, 0.15) is 36.0 Å². The number of piperidine rings is 1. The van der Waals surface area contributed by atoms with E-state index in [4.69, 9.17) is 0 Å². The number of hydrogen-bond acceptors (Lipinski definition) is 3. The van der Waals surface area contributed by atoms with Crippen LogP contribution in [-0.4, -0.2) is 37.5 Å². The van der Waals surface area contributed by atoms with E-state index in [1.54, 1.807) is 19.6 Å². The third-order valence-corrected chi connectivity index (χ3v) is 4.02. The van der Waals surface area contributed by atoms with Crippen LogP contribution in [-0.2, 0) is 19.8 Å². The van der Waals surface area contributed by atoms with E-state index in [-0.39, 0.29) is 5.92 Å². The Bertz CT molecular complexity index is 617. The number of imidazole rings is 2. The summed E-state index contributed by atoms with van der Waals surface area (Å²) >= 11 is 0. The number of alkyl halides is 3. The van der Waals surface area contributed by atoms with Gasteiger partial charge in [-0.1, -0.05) is 0 Å². The van der Waals surface area contributed by atoms with E-state index in [0.29, 0.717) is 12.4 Å². The minimum atomic E-state index is -4.39. The SMILES string of the molecule is Cn1cc(C(F)(F)F)nc1[C@@H]1CCCN(Cc2cnc[nH]2)C1. The third kappa shape index (κ3) is 3.16. The zero-order chi connectivity index (χ0) is 15.7. The maximum atomic E-state index is 12.8. The van der Waals surface area contributed by atoms with Gasteiger partial charge in [0.1, 0.15) is 5.82 Å². The van der Waals surface area contributed by atoms with Gasteiger partial charge in [0, 0.05) is 44.1 Å². The first-order chi connectivity index (χ1) is 10.4. The van der Waals surface area contributed by atoms with Crippen LogP contribution in [0.15, 0.2) is 18.7 Å². The van der Waals surface area contributed by atoms with Crippen LogP contribution in [0.25, 0.3) is 0 Å². The van der Waals surface area contributed by atoms with Crippen molar-refractivity contribution >= 4 is 0 Å². The Kier molecular flexibility index (Phi) is 3.94. The summed E-state index contributed by atoms with van der Waals surface area (Å²) in [6.07, 6.45) is 1.90. The molecule has 8 heteroatoms. The van der Waals surface area contributed by atoms with Gasteiger partial charge in [0.25, 0.3) is 0 Å². The molecule has 2 aromatic heterocycles. The van der Waals surface area contributed by atoms with Gasteiger partial charge in [-0.3, -0.25) is 4.90 Å². The second kappa shape index (κ2) is 5.75. The lowest BCUT2D eigenvalue weighted by molar-refractivity contribution is -0.141. The number of aryl methyl sites for hydroxylation is 1. The van der Waals surface area contributed by atoms with Gasteiger partial charge >= 0.3 is 6.18 Å². The molecule has 0 unspecified atom stereocenters. The molecule has 1 aliphatic rings. The molecule has 1 aliphatic heterocycles. The lowest BCUT2D eigenvalue weighted by Gasteiger charge is -2.31. The average Bonchev–Trinajstić information content (AvgIpc) is 3.08. The first-order valence-electron chi connectivity index (χ1n) is 7.23. The highest BCUT2D eigenvalue weighted by molar-refractivity contribution is 5.12. The van der Waals surface area contributed by atoms with Crippen molar-refractivity contribution in [2.24, 2.45) is 7.05 Å². The molecule has 0 bridgehead atoms. The molecular formula is C14H18F3N5. The predicted octanol–water partition coefficient (Wildman–Crippen LogP) is 2.54. The summed E-state index contributed by atoms with van der Waals surface area (Å²) in [6.45, 7) is 2.38. The highest BCUT2D eigenvalue weighted by atomic mass is 19.4. The molecule has 0 spiro atoms. The van der Waals surface area contributed by atoms with E-state index < -0.39 is 11.9 Å². The molecule has 1 N–H and O–H groups in total. The summed E-state index contributed by atoms with van der Waals surface area (Å²) in [6, 6.07) is 0. The third-order valence-electron chi connectivity index (χ3n) is 4.02. The number of likely N-dealkylation sites (tertiary alicyclic amines) is 1. The van der Waals surface area contributed by atoms with Crippen molar-refractivity contribution in [1.82, 2.24) is 24.4 Å². The van der Waals surface area contributed by atoms with Crippen molar-refractivity contribution in [3.05, 3.63) is 35.9 Å². The first-order valence-corrected chi connectivity index (χ1v) is 7.23. The fraction of sp³-hybridized carbons (Fsp3) is 0.571. The minimum Gasteiger partial charge on any atom is -0.347 e. The fourth-order valence-electron chi connectivity index (χ4n) is 3.02. The molecule has 1 saturated heterocycles. The topological polar surface area (TPSA) is 49.7 Å². The molecule has 120 valence electrons. The van der Waals surface area contributed by atoms with Crippen molar-refractivity contribution in [2.75, 3.05) is 13.1 Å². The predicted molar refractivity (Wildman–Crippen MR) is 74.0 cm³/mol. The summed E-state index contributed by atoms with van der Waals surface area (Å²) in [5, 5.41) is 0. The van der Waals surface area contributed by atoms with Gasteiger partial charge in [0.05, 0.1) is 6.33 Å². The number of nitrogens with zero attached hydrogens (tertiary/aromatic N) is 4. The summed E-state index contributed by atoms with van der Waals surface area (Å²) in [7, 11) is 1.63. The number of aromatic nitrogens is 4. The van der Waals surface area contributed by atoms with Crippen LogP contribution in [0.2, 0.25) is 0 Å².